The van der Waals surface area contributed by atoms with Gasteiger partial charge in [-0.15, -0.1) is 0 Å². The molecule has 0 spiro atoms. The third-order valence-electron chi connectivity index (χ3n) is 4.80. The van der Waals surface area contributed by atoms with Crippen molar-refractivity contribution in [2.75, 3.05) is 13.2 Å². The van der Waals surface area contributed by atoms with E-state index in [-0.39, 0.29) is 12.0 Å². The van der Waals surface area contributed by atoms with Gasteiger partial charge in [0, 0.05) is 25.8 Å². The van der Waals surface area contributed by atoms with E-state index in [1.54, 1.807) is 0 Å². The van der Waals surface area contributed by atoms with Crippen LogP contribution in [0.5, 0.6) is 0 Å². The highest BCUT2D eigenvalue weighted by Crippen LogP contribution is 2.23. The molecule has 0 aromatic heterocycles. The van der Waals surface area contributed by atoms with Gasteiger partial charge in [-0.25, -0.2) is 0 Å². The van der Waals surface area contributed by atoms with Crippen molar-refractivity contribution in [2.24, 2.45) is 0 Å². The molecular weight excluding hydrogens is 286 g/mol. The van der Waals surface area contributed by atoms with Gasteiger partial charge in [0.15, 0.2) is 0 Å². The summed E-state index contributed by atoms with van der Waals surface area (Å²) in [4.78, 5) is 14.8. The van der Waals surface area contributed by atoms with Crippen LogP contribution in [-0.2, 0) is 16.1 Å². The summed E-state index contributed by atoms with van der Waals surface area (Å²) in [5, 5.41) is 0. The van der Waals surface area contributed by atoms with Gasteiger partial charge in [-0.05, 0) is 44.1 Å². The van der Waals surface area contributed by atoms with Crippen molar-refractivity contribution < 1.29 is 9.53 Å². The van der Waals surface area contributed by atoms with Crippen LogP contribution in [0.15, 0.2) is 42.0 Å². The third-order valence-corrected chi connectivity index (χ3v) is 4.80. The SMILES string of the molecule is O=C(C=C1CCCCC1)N(Cc1ccccc1)CC1CCCO1. The zero-order chi connectivity index (χ0) is 15.9. The molecule has 0 N–H and O–H groups in total. The molecule has 3 nitrogen and oxygen atoms in total. The van der Waals surface area contributed by atoms with E-state index in [0.717, 1.165) is 32.3 Å². The first kappa shape index (κ1) is 16.3. The first-order valence-electron chi connectivity index (χ1n) is 8.95. The molecule has 0 radical (unpaired) electrons. The molecule has 124 valence electrons. The number of ether oxygens (including phenoxy) is 1. The summed E-state index contributed by atoms with van der Waals surface area (Å²) in [5.41, 5.74) is 2.51. The minimum atomic E-state index is 0.154. The second kappa shape index (κ2) is 8.30. The summed E-state index contributed by atoms with van der Waals surface area (Å²) in [5.74, 6) is 0.154. The van der Waals surface area contributed by atoms with E-state index in [9.17, 15) is 4.79 Å². The molecule has 3 rings (SSSR count). The van der Waals surface area contributed by atoms with Crippen molar-refractivity contribution in [1.29, 1.82) is 0 Å². The van der Waals surface area contributed by atoms with E-state index in [0.29, 0.717) is 13.1 Å². The Balaban J connectivity index is 1.68. The molecule has 2 aliphatic rings. The van der Waals surface area contributed by atoms with Gasteiger partial charge in [0.05, 0.1) is 6.10 Å². The van der Waals surface area contributed by atoms with Gasteiger partial charge >= 0.3 is 0 Å². The largest absolute Gasteiger partial charge is 0.376 e. The molecule has 1 atom stereocenters. The van der Waals surface area contributed by atoms with Crippen LogP contribution in [-0.4, -0.2) is 30.1 Å². The van der Waals surface area contributed by atoms with E-state index < -0.39 is 0 Å². The summed E-state index contributed by atoms with van der Waals surface area (Å²) >= 11 is 0. The molecule has 1 saturated heterocycles. The van der Waals surface area contributed by atoms with Crippen LogP contribution >= 0.6 is 0 Å². The summed E-state index contributed by atoms with van der Waals surface area (Å²) < 4.78 is 5.75. The number of hydrogen-bond donors (Lipinski definition) is 0. The Morgan fingerprint density at radius 3 is 2.61 bits per heavy atom. The monoisotopic (exact) mass is 313 g/mol. The first-order chi connectivity index (χ1) is 11.3. The highest BCUT2D eigenvalue weighted by atomic mass is 16.5. The zero-order valence-corrected chi connectivity index (χ0v) is 13.9. The number of allylic oxidation sites excluding steroid dienone is 1. The molecule has 1 aromatic rings. The van der Waals surface area contributed by atoms with Crippen molar-refractivity contribution in [3.05, 3.63) is 47.5 Å². The maximum absolute atomic E-state index is 12.8. The Morgan fingerprint density at radius 1 is 1.13 bits per heavy atom. The minimum Gasteiger partial charge on any atom is -0.376 e. The lowest BCUT2D eigenvalue weighted by Gasteiger charge is -2.25. The maximum Gasteiger partial charge on any atom is 0.246 e. The number of hydrogen-bond acceptors (Lipinski definition) is 2. The van der Waals surface area contributed by atoms with Crippen molar-refractivity contribution in [3.8, 4) is 0 Å². The quantitative estimate of drug-likeness (QED) is 0.766. The van der Waals surface area contributed by atoms with Crippen LogP contribution in [0.3, 0.4) is 0 Å². The Hall–Kier alpha value is -1.61. The number of nitrogens with zero attached hydrogens (tertiary/aromatic N) is 1. The third kappa shape index (κ3) is 4.93. The highest BCUT2D eigenvalue weighted by molar-refractivity contribution is 5.88. The molecule has 23 heavy (non-hydrogen) atoms. The Kier molecular flexibility index (Phi) is 5.87. The molecule has 2 fully saturated rings. The summed E-state index contributed by atoms with van der Waals surface area (Å²) in [7, 11) is 0. The second-order valence-electron chi connectivity index (χ2n) is 6.70. The molecule has 1 amide bonds. The van der Waals surface area contributed by atoms with Crippen LogP contribution in [0.1, 0.15) is 50.5 Å². The topological polar surface area (TPSA) is 29.5 Å². The maximum atomic E-state index is 12.8. The van der Waals surface area contributed by atoms with Gasteiger partial charge in [-0.3, -0.25) is 4.79 Å². The van der Waals surface area contributed by atoms with E-state index in [1.165, 1.54) is 30.4 Å². The van der Waals surface area contributed by atoms with Gasteiger partial charge in [0.25, 0.3) is 0 Å². The smallest absolute Gasteiger partial charge is 0.246 e. The molecule has 1 heterocycles. The zero-order valence-electron chi connectivity index (χ0n) is 13.9. The molecular formula is C20H27NO2. The number of rotatable bonds is 5. The van der Waals surface area contributed by atoms with Crippen molar-refractivity contribution in [3.63, 3.8) is 0 Å². The molecule has 1 aliphatic heterocycles. The van der Waals surface area contributed by atoms with Crippen LogP contribution in [0, 0.1) is 0 Å². The fraction of sp³-hybridized carbons (Fsp3) is 0.550. The predicted molar refractivity (Wildman–Crippen MR) is 92.0 cm³/mol. The van der Waals surface area contributed by atoms with Gasteiger partial charge in [0.2, 0.25) is 5.91 Å². The standard InChI is InChI=1S/C20H27NO2/c22-20(14-17-8-3-1-4-9-17)21(16-19-12-7-13-23-19)15-18-10-5-2-6-11-18/h2,5-6,10-11,14,19H,1,3-4,7-9,12-13,15-16H2. The molecule has 1 aromatic carbocycles. The van der Waals surface area contributed by atoms with E-state index in [2.05, 4.69) is 12.1 Å². The van der Waals surface area contributed by atoms with E-state index >= 15 is 0 Å². The number of carbonyl (C=O) groups excluding carboxylic acids is 1. The lowest BCUT2D eigenvalue weighted by Crippen LogP contribution is -2.36. The molecule has 3 heteroatoms. The first-order valence-corrected chi connectivity index (χ1v) is 8.95. The van der Waals surface area contributed by atoms with Crippen molar-refractivity contribution in [2.45, 2.75) is 57.6 Å². The fourth-order valence-corrected chi connectivity index (χ4v) is 3.49. The average Bonchev–Trinajstić information content (AvgIpc) is 3.09. The van der Waals surface area contributed by atoms with Crippen molar-refractivity contribution in [1.82, 2.24) is 4.90 Å². The molecule has 1 aliphatic carbocycles. The minimum absolute atomic E-state index is 0.154. The summed E-state index contributed by atoms with van der Waals surface area (Å²) in [6.45, 7) is 2.21. The van der Waals surface area contributed by atoms with Crippen molar-refractivity contribution >= 4 is 5.91 Å². The number of amides is 1. The van der Waals surface area contributed by atoms with Gasteiger partial charge in [0.1, 0.15) is 0 Å². The van der Waals surface area contributed by atoms with E-state index in [1.807, 2.05) is 29.2 Å². The van der Waals surface area contributed by atoms with Crippen LogP contribution in [0.25, 0.3) is 0 Å². The van der Waals surface area contributed by atoms with Gasteiger partial charge in [-0.2, -0.15) is 0 Å². The Labute approximate surface area is 139 Å². The lowest BCUT2D eigenvalue weighted by molar-refractivity contribution is -0.128. The molecule has 1 saturated carbocycles. The predicted octanol–water partition coefficient (Wildman–Crippen LogP) is 4.08. The summed E-state index contributed by atoms with van der Waals surface area (Å²) in [6.07, 6.45) is 10.2. The van der Waals surface area contributed by atoms with Gasteiger partial charge in [-0.1, -0.05) is 42.3 Å². The highest BCUT2D eigenvalue weighted by Gasteiger charge is 2.22. The van der Waals surface area contributed by atoms with Gasteiger partial charge < -0.3 is 9.64 Å². The fourth-order valence-electron chi connectivity index (χ4n) is 3.49. The Morgan fingerprint density at radius 2 is 1.91 bits per heavy atom. The van der Waals surface area contributed by atoms with Crippen LogP contribution in [0.4, 0.5) is 0 Å². The lowest BCUT2D eigenvalue weighted by atomic mass is 9.94. The number of carbonyl (C=O) groups is 1. The Bertz CT molecular complexity index is 524. The van der Waals surface area contributed by atoms with E-state index in [4.69, 9.17) is 4.74 Å². The number of benzene rings is 1. The van der Waals surface area contributed by atoms with Crippen LogP contribution in [0.2, 0.25) is 0 Å². The average molecular weight is 313 g/mol. The molecule has 0 bridgehead atoms. The second-order valence-corrected chi connectivity index (χ2v) is 6.70. The molecule has 1 unspecified atom stereocenters. The summed E-state index contributed by atoms with van der Waals surface area (Å²) in [6, 6.07) is 10.3. The normalized spacial score (nSPS) is 21.2. The van der Waals surface area contributed by atoms with Crippen LogP contribution < -0.4 is 0 Å².